The Morgan fingerprint density at radius 2 is 1.97 bits per heavy atom. The molecular weight excluding hydrogens is 409 g/mol. The molecule has 0 unspecified atom stereocenters. The molecule has 2 aromatic heterocycles. The summed E-state index contributed by atoms with van der Waals surface area (Å²) in [5.74, 6) is -0.237. The molecule has 3 rings (SSSR count). The molecule has 1 aliphatic rings. The van der Waals surface area contributed by atoms with Crippen molar-refractivity contribution in [3.8, 4) is 0 Å². The van der Waals surface area contributed by atoms with Crippen LogP contribution in [0.25, 0.3) is 0 Å². The van der Waals surface area contributed by atoms with Gasteiger partial charge in [0.2, 0.25) is 5.91 Å². The van der Waals surface area contributed by atoms with E-state index >= 15 is 0 Å². The normalized spacial score (nSPS) is 16.7. The van der Waals surface area contributed by atoms with Crippen LogP contribution in [0, 0.1) is 5.92 Å². The zero-order chi connectivity index (χ0) is 21.2. The van der Waals surface area contributed by atoms with E-state index in [0.717, 1.165) is 44.1 Å². The van der Waals surface area contributed by atoms with Crippen LogP contribution < -0.4 is 5.32 Å². The number of alkyl halides is 3. The number of hydrogen-bond donors (Lipinski definition) is 1. The smallest absolute Gasteiger partial charge is 0.309 e. The summed E-state index contributed by atoms with van der Waals surface area (Å²) in [6.45, 7) is 0. The summed E-state index contributed by atoms with van der Waals surface area (Å²) in [6, 6.07) is 1.13. The third-order valence-corrected chi connectivity index (χ3v) is 6.07. The van der Waals surface area contributed by atoms with Crippen LogP contribution in [0.5, 0.6) is 0 Å². The van der Waals surface area contributed by atoms with Gasteiger partial charge in [0.05, 0.1) is 11.8 Å². The summed E-state index contributed by atoms with van der Waals surface area (Å²) in [7, 11) is -3.48. The second-order valence-electron chi connectivity index (χ2n) is 7.25. The Bertz CT molecular complexity index is 965. The monoisotopic (exact) mass is 430 g/mol. The highest BCUT2D eigenvalue weighted by Crippen LogP contribution is 2.33. The summed E-state index contributed by atoms with van der Waals surface area (Å²) in [5.41, 5.74) is -0.914. The molecule has 0 aliphatic heterocycles. The van der Waals surface area contributed by atoms with Gasteiger partial charge in [-0.1, -0.05) is 25.7 Å². The average Bonchev–Trinajstić information content (AvgIpc) is 3.30. The zero-order valence-electron chi connectivity index (χ0n) is 15.7. The SMILES string of the molecule is CS(=O)(=O)c1cnn([C@@H](CC2CCCC2)C(=O)Nc2ccc(C(F)(F)F)cn2)c1. The number of carbonyl (C=O) groups excluding carboxylic acids is 1. The highest BCUT2D eigenvalue weighted by atomic mass is 32.2. The topological polar surface area (TPSA) is 94.0 Å². The second kappa shape index (κ2) is 8.13. The Kier molecular flexibility index (Phi) is 5.97. The number of hydrogen-bond acceptors (Lipinski definition) is 5. The van der Waals surface area contributed by atoms with Gasteiger partial charge < -0.3 is 5.32 Å². The van der Waals surface area contributed by atoms with Gasteiger partial charge in [-0.3, -0.25) is 9.48 Å². The standard InChI is InChI=1S/C18H21F3N4O3S/c1-29(27,28)14-10-23-25(11-14)15(8-12-4-2-3-5-12)17(26)24-16-7-6-13(9-22-16)18(19,20)21/h6-7,9-12,15H,2-5,8H2,1H3,(H,22,24,26)/t15-/m0/s1. The van der Waals surface area contributed by atoms with Gasteiger partial charge >= 0.3 is 6.18 Å². The molecule has 0 aromatic carbocycles. The number of nitrogens with one attached hydrogen (secondary N) is 1. The largest absolute Gasteiger partial charge is 0.417 e. The average molecular weight is 430 g/mol. The zero-order valence-corrected chi connectivity index (χ0v) is 16.5. The predicted octanol–water partition coefficient (Wildman–Crippen LogP) is 3.46. The summed E-state index contributed by atoms with van der Waals surface area (Å²) in [5, 5.41) is 6.56. The highest BCUT2D eigenvalue weighted by molar-refractivity contribution is 7.90. The summed E-state index contributed by atoms with van der Waals surface area (Å²) in [6.07, 6.45) is 4.17. The van der Waals surface area contributed by atoms with Gasteiger partial charge in [-0.2, -0.15) is 18.3 Å². The Morgan fingerprint density at radius 3 is 2.48 bits per heavy atom. The first kappa shape index (κ1) is 21.3. The number of sulfone groups is 1. The molecule has 1 amide bonds. The minimum atomic E-state index is -4.52. The summed E-state index contributed by atoms with van der Waals surface area (Å²) < 4.78 is 62.8. The van der Waals surface area contributed by atoms with Crippen LogP contribution in [0.3, 0.4) is 0 Å². The van der Waals surface area contributed by atoms with E-state index in [-0.39, 0.29) is 16.6 Å². The Labute approximate surface area is 166 Å². The molecule has 0 bridgehead atoms. The van der Waals surface area contributed by atoms with Crippen molar-refractivity contribution in [1.82, 2.24) is 14.8 Å². The number of rotatable bonds is 6. The molecule has 7 nitrogen and oxygen atoms in total. The van der Waals surface area contributed by atoms with Crippen LogP contribution in [-0.2, 0) is 20.8 Å². The van der Waals surface area contributed by atoms with E-state index in [1.807, 2.05) is 0 Å². The van der Waals surface area contributed by atoms with Crippen molar-refractivity contribution in [1.29, 1.82) is 0 Å². The van der Waals surface area contributed by atoms with E-state index in [1.54, 1.807) is 0 Å². The number of amides is 1. The third kappa shape index (κ3) is 5.34. The molecule has 2 aromatic rings. The van der Waals surface area contributed by atoms with Gasteiger partial charge in [0.25, 0.3) is 0 Å². The Balaban J connectivity index is 1.81. The van der Waals surface area contributed by atoms with Gasteiger partial charge in [-0.05, 0) is 24.5 Å². The fourth-order valence-electron chi connectivity index (χ4n) is 3.42. The van der Waals surface area contributed by atoms with Crippen molar-refractivity contribution in [3.05, 3.63) is 36.3 Å². The van der Waals surface area contributed by atoms with Crippen molar-refractivity contribution in [3.63, 3.8) is 0 Å². The minimum Gasteiger partial charge on any atom is -0.309 e. The van der Waals surface area contributed by atoms with E-state index in [2.05, 4.69) is 15.4 Å². The van der Waals surface area contributed by atoms with Gasteiger partial charge in [0.1, 0.15) is 16.8 Å². The van der Waals surface area contributed by atoms with Gasteiger partial charge in [-0.25, -0.2) is 13.4 Å². The third-order valence-electron chi connectivity index (χ3n) is 5.00. The first-order valence-electron chi connectivity index (χ1n) is 9.12. The predicted molar refractivity (Wildman–Crippen MR) is 98.8 cm³/mol. The van der Waals surface area contributed by atoms with E-state index in [0.29, 0.717) is 12.6 Å². The lowest BCUT2D eigenvalue weighted by Crippen LogP contribution is -2.28. The van der Waals surface area contributed by atoms with Crippen molar-refractivity contribution < 1.29 is 26.4 Å². The molecule has 158 valence electrons. The molecule has 1 saturated carbocycles. The van der Waals surface area contributed by atoms with Crippen LogP contribution in [0.15, 0.2) is 35.6 Å². The van der Waals surface area contributed by atoms with Crippen LogP contribution in [0.1, 0.15) is 43.7 Å². The van der Waals surface area contributed by atoms with Crippen LogP contribution in [0.2, 0.25) is 0 Å². The van der Waals surface area contributed by atoms with E-state index < -0.39 is 33.5 Å². The van der Waals surface area contributed by atoms with Crippen molar-refractivity contribution in [2.45, 2.75) is 49.2 Å². The molecule has 1 N–H and O–H groups in total. The van der Waals surface area contributed by atoms with Crippen LogP contribution in [-0.4, -0.2) is 35.3 Å². The highest BCUT2D eigenvalue weighted by Gasteiger charge is 2.31. The number of pyridine rings is 1. The second-order valence-corrected chi connectivity index (χ2v) is 9.27. The number of anilines is 1. The van der Waals surface area contributed by atoms with Crippen LogP contribution >= 0.6 is 0 Å². The lowest BCUT2D eigenvalue weighted by Gasteiger charge is -2.20. The first-order chi connectivity index (χ1) is 13.5. The van der Waals surface area contributed by atoms with Crippen LogP contribution in [0.4, 0.5) is 19.0 Å². The number of aromatic nitrogens is 3. The first-order valence-corrected chi connectivity index (χ1v) is 11.0. The number of carbonyl (C=O) groups is 1. The van der Waals surface area contributed by atoms with Crippen molar-refractivity contribution >= 4 is 21.6 Å². The lowest BCUT2D eigenvalue weighted by atomic mass is 9.98. The molecule has 1 fully saturated rings. The molecular formula is C18H21F3N4O3S. The Morgan fingerprint density at radius 1 is 1.28 bits per heavy atom. The number of halogens is 3. The molecule has 2 heterocycles. The molecule has 0 radical (unpaired) electrons. The van der Waals surface area contributed by atoms with Gasteiger partial charge in [-0.15, -0.1) is 0 Å². The maximum absolute atomic E-state index is 12.9. The summed E-state index contributed by atoms with van der Waals surface area (Å²) >= 11 is 0. The maximum atomic E-state index is 12.9. The van der Waals surface area contributed by atoms with Gasteiger partial charge in [0, 0.05) is 18.6 Å². The molecule has 0 spiro atoms. The molecule has 29 heavy (non-hydrogen) atoms. The molecule has 11 heteroatoms. The maximum Gasteiger partial charge on any atom is 0.417 e. The fraction of sp³-hybridized carbons (Fsp3) is 0.500. The van der Waals surface area contributed by atoms with Crippen molar-refractivity contribution in [2.75, 3.05) is 11.6 Å². The van der Waals surface area contributed by atoms with E-state index in [9.17, 15) is 26.4 Å². The molecule has 1 atom stereocenters. The van der Waals surface area contributed by atoms with Crippen molar-refractivity contribution in [2.24, 2.45) is 5.92 Å². The Hall–Kier alpha value is -2.43. The minimum absolute atomic E-state index is 0.00521. The lowest BCUT2D eigenvalue weighted by molar-refractivity contribution is -0.137. The van der Waals surface area contributed by atoms with E-state index in [1.165, 1.54) is 17.1 Å². The fourth-order valence-corrected chi connectivity index (χ4v) is 3.96. The van der Waals surface area contributed by atoms with E-state index in [4.69, 9.17) is 0 Å². The van der Waals surface area contributed by atoms with Gasteiger partial charge in [0.15, 0.2) is 9.84 Å². The quantitative estimate of drug-likeness (QED) is 0.758. The number of nitrogens with zero attached hydrogens (tertiary/aromatic N) is 3. The molecule has 1 aliphatic carbocycles. The molecule has 0 saturated heterocycles. The summed E-state index contributed by atoms with van der Waals surface area (Å²) in [4.78, 5) is 16.5.